The molecule has 6 nitrogen and oxygen atoms in total. The highest BCUT2D eigenvalue weighted by Crippen LogP contribution is 2.24. The van der Waals surface area contributed by atoms with Crippen LogP contribution in [0.15, 0.2) is 53.9 Å². The monoisotopic (exact) mass is 463 g/mol. The number of aryl methyl sites for hydroxylation is 1. The molecule has 0 saturated heterocycles. The summed E-state index contributed by atoms with van der Waals surface area (Å²) in [6.45, 7) is 3.39. The van der Waals surface area contributed by atoms with E-state index >= 15 is 0 Å². The summed E-state index contributed by atoms with van der Waals surface area (Å²) >= 11 is 1.64. The van der Waals surface area contributed by atoms with Crippen molar-refractivity contribution in [1.82, 2.24) is 15.3 Å². The highest BCUT2D eigenvalue weighted by Gasteiger charge is 2.20. The Morgan fingerprint density at radius 3 is 2.67 bits per heavy atom. The smallest absolute Gasteiger partial charge is 0.243 e. The first-order valence-electron chi connectivity index (χ1n) is 11.9. The minimum atomic E-state index is -0.437. The predicted octanol–water partition coefficient (Wildman–Crippen LogP) is 5.18. The number of carbonyl (C=O) groups excluding carboxylic acids is 1. The van der Waals surface area contributed by atoms with Crippen molar-refractivity contribution in [3.05, 3.63) is 70.0 Å². The van der Waals surface area contributed by atoms with E-state index in [0.29, 0.717) is 30.6 Å². The molecule has 4 rings (SSSR count). The average Bonchev–Trinajstić information content (AvgIpc) is 3.36. The van der Waals surface area contributed by atoms with Gasteiger partial charge >= 0.3 is 0 Å². The van der Waals surface area contributed by atoms with Crippen LogP contribution in [-0.2, 0) is 17.8 Å². The van der Waals surface area contributed by atoms with E-state index < -0.39 is 6.04 Å². The van der Waals surface area contributed by atoms with Crippen molar-refractivity contribution in [1.29, 1.82) is 0 Å². The molecule has 174 valence electrons. The number of nitrogens with one attached hydrogen (secondary N) is 3. The molecule has 1 atom stereocenters. The van der Waals surface area contributed by atoms with E-state index in [1.54, 1.807) is 11.3 Å². The highest BCUT2D eigenvalue weighted by molar-refractivity contribution is 7.09. The first-order valence-corrected chi connectivity index (χ1v) is 12.7. The summed E-state index contributed by atoms with van der Waals surface area (Å²) in [5, 5.41) is 11.9. The molecule has 0 aliphatic heterocycles. The van der Waals surface area contributed by atoms with E-state index in [1.165, 1.54) is 32.1 Å². The lowest BCUT2D eigenvalue weighted by atomic mass is 9.89. The molecule has 0 bridgehead atoms. The minimum absolute atomic E-state index is 0.0415. The van der Waals surface area contributed by atoms with Gasteiger partial charge < -0.3 is 16.0 Å². The zero-order chi connectivity index (χ0) is 22.9. The molecule has 33 heavy (non-hydrogen) atoms. The number of rotatable bonds is 10. The summed E-state index contributed by atoms with van der Waals surface area (Å²) in [6.07, 6.45) is 7.10. The lowest BCUT2D eigenvalue weighted by molar-refractivity contribution is -0.122. The fraction of sp³-hybridized carbons (Fsp3) is 0.423. The average molecular weight is 464 g/mol. The van der Waals surface area contributed by atoms with E-state index in [2.05, 4.69) is 25.9 Å². The van der Waals surface area contributed by atoms with Gasteiger partial charge in [-0.05, 0) is 42.7 Å². The van der Waals surface area contributed by atoms with Crippen LogP contribution in [0.3, 0.4) is 0 Å². The quantitative estimate of drug-likeness (QED) is 0.386. The fourth-order valence-electron chi connectivity index (χ4n) is 4.30. The first-order chi connectivity index (χ1) is 16.2. The Kier molecular flexibility index (Phi) is 8.30. The Morgan fingerprint density at radius 2 is 1.91 bits per heavy atom. The van der Waals surface area contributed by atoms with E-state index in [9.17, 15) is 4.79 Å². The normalized spacial score (nSPS) is 15.1. The van der Waals surface area contributed by atoms with Crippen molar-refractivity contribution < 1.29 is 4.79 Å². The van der Waals surface area contributed by atoms with Crippen LogP contribution in [0.1, 0.15) is 48.2 Å². The SMILES string of the molecule is Cc1cc(N[C@@H](Cc2ccccc2)C(=O)NCc2cccs2)nc(NCC2CCCCC2)n1. The number of anilines is 2. The molecule has 0 unspecified atom stereocenters. The molecule has 1 aromatic carbocycles. The van der Waals surface area contributed by atoms with Crippen molar-refractivity contribution >= 4 is 29.0 Å². The number of carbonyl (C=O) groups is 1. The van der Waals surface area contributed by atoms with Gasteiger partial charge in [0.05, 0.1) is 6.54 Å². The minimum Gasteiger partial charge on any atom is -0.358 e. The number of hydrogen-bond donors (Lipinski definition) is 3. The van der Waals surface area contributed by atoms with Crippen molar-refractivity contribution in [3.63, 3.8) is 0 Å². The van der Waals surface area contributed by atoms with Crippen LogP contribution >= 0.6 is 11.3 Å². The molecular formula is C26H33N5OS. The second-order valence-corrected chi connectivity index (χ2v) is 9.82. The van der Waals surface area contributed by atoms with Gasteiger partial charge in [0.15, 0.2) is 0 Å². The molecule has 1 aliphatic rings. The van der Waals surface area contributed by atoms with Gasteiger partial charge in [-0.25, -0.2) is 4.98 Å². The lowest BCUT2D eigenvalue weighted by Gasteiger charge is -2.22. The molecule has 7 heteroatoms. The van der Waals surface area contributed by atoms with Gasteiger partial charge in [-0.3, -0.25) is 4.79 Å². The maximum Gasteiger partial charge on any atom is 0.243 e. The molecular weight excluding hydrogens is 430 g/mol. The highest BCUT2D eigenvalue weighted by atomic mass is 32.1. The number of benzene rings is 1. The zero-order valence-electron chi connectivity index (χ0n) is 19.2. The van der Waals surface area contributed by atoms with Crippen LogP contribution in [-0.4, -0.2) is 28.5 Å². The molecule has 2 aromatic heterocycles. The number of hydrogen-bond acceptors (Lipinski definition) is 6. The Hall–Kier alpha value is -2.93. The molecule has 0 radical (unpaired) electrons. The van der Waals surface area contributed by atoms with Crippen LogP contribution in [0.4, 0.5) is 11.8 Å². The van der Waals surface area contributed by atoms with Gasteiger partial charge in [0.2, 0.25) is 11.9 Å². The summed E-state index contributed by atoms with van der Waals surface area (Å²) in [7, 11) is 0. The fourth-order valence-corrected chi connectivity index (χ4v) is 4.94. The van der Waals surface area contributed by atoms with Gasteiger partial charge in [-0.15, -0.1) is 11.3 Å². The number of amides is 1. The maximum absolute atomic E-state index is 13.1. The largest absolute Gasteiger partial charge is 0.358 e. The summed E-state index contributed by atoms with van der Waals surface area (Å²) in [5.41, 5.74) is 1.97. The van der Waals surface area contributed by atoms with E-state index in [0.717, 1.165) is 22.7 Å². The lowest BCUT2D eigenvalue weighted by Crippen LogP contribution is -2.41. The third-order valence-electron chi connectivity index (χ3n) is 6.07. The molecule has 2 heterocycles. The van der Waals surface area contributed by atoms with E-state index in [4.69, 9.17) is 0 Å². The maximum atomic E-state index is 13.1. The number of nitrogens with zero attached hydrogens (tertiary/aromatic N) is 2. The molecule has 3 aromatic rings. The predicted molar refractivity (Wildman–Crippen MR) is 136 cm³/mol. The summed E-state index contributed by atoms with van der Waals surface area (Å²) in [5.74, 6) is 1.94. The summed E-state index contributed by atoms with van der Waals surface area (Å²) in [6, 6.07) is 15.6. The Bertz CT molecular complexity index is 1000. The molecule has 1 fully saturated rings. The van der Waals surface area contributed by atoms with Crippen molar-refractivity contribution in [2.24, 2.45) is 5.92 Å². The third-order valence-corrected chi connectivity index (χ3v) is 6.94. The second-order valence-electron chi connectivity index (χ2n) is 8.79. The van der Waals surface area contributed by atoms with Gasteiger partial charge in [0, 0.05) is 29.6 Å². The Balaban J connectivity index is 1.44. The van der Waals surface area contributed by atoms with Gasteiger partial charge in [0.25, 0.3) is 0 Å². The van der Waals surface area contributed by atoms with Crippen LogP contribution < -0.4 is 16.0 Å². The van der Waals surface area contributed by atoms with Crippen LogP contribution in [0.2, 0.25) is 0 Å². The molecule has 0 spiro atoms. The topological polar surface area (TPSA) is 78.9 Å². The van der Waals surface area contributed by atoms with E-state index in [-0.39, 0.29) is 5.91 Å². The molecule has 1 amide bonds. The second kappa shape index (κ2) is 11.8. The van der Waals surface area contributed by atoms with E-state index in [1.807, 2.05) is 60.8 Å². The van der Waals surface area contributed by atoms with Gasteiger partial charge in [-0.1, -0.05) is 55.7 Å². The van der Waals surface area contributed by atoms with Gasteiger partial charge in [0.1, 0.15) is 11.9 Å². The van der Waals surface area contributed by atoms with Crippen LogP contribution in [0.25, 0.3) is 0 Å². The molecule has 3 N–H and O–H groups in total. The number of thiophene rings is 1. The summed E-state index contributed by atoms with van der Waals surface area (Å²) in [4.78, 5) is 23.5. The van der Waals surface area contributed by atoms with Gasteiger partial charge in [-0.2, -0.15) is 4.98 Å². The Labute approximate surface area is 200 Å². The summed E-state index contributed by atoms with van der Waals surface area (Å²) < 4.78 is 0. The first kappa shape index (κ1) is 23.2. The van der Waals surface area contributed by atoms with Crippen molar-refractivity contribution in [2.75, 3.05) is 17.2 Å². The Morgan fingerprint density at radius 1 is 1.09 bits per heavy atom. The standard InChI is InChI=1S/C26H33N5OS/c1-19-15-24(31-26(29-19)28-17-21-11-6-3-7-12-21)30-23(16-20-9-4-2-5-10-20)25(32)27-18-22-13-8-14-33-22/h2,4-5,8-10,13-15,21,23H,3,6-7,11-12,16-18H2,1H3,(H,27,32)(H2,28,29,30,31)/t23-/m0/s1. The third kappa shape index (κ3) is 7.29. The molecule has 1 aliphatic carbocycles. The number of aromatic nitrogens is 2. The molecule has 1 saturated carbocycles. The van der Waals surface area contributed by atoms with Crippen LogP contribution in [0.5, 0.6) is 0 Å². The van der Waals surface area contributed by atoms with Crippen molar-refractivity contribution in [3.8, 4) is 0 Å². The van der Waals surface area contributed by atoms with Crippen LogP contribution in [0, 0.1) is 12.8 Å². The van der Waals surface area contributed by atoms with Crippen molar-refractivity contribution in [2.45, 2.75) is 58.0 Å². The zero-order valence-corrected chi connectivity index (χ0v) is 20.0.